The highest BCUT2D eigenvalue weighted by Gasteiger charge is 2.42. The first kappa shape index (κ1) is 12.6. The van der Waals surface area contributed by atoms with Crippen LogP contribution >= 0.6 is 0 Å². The molecule has 1 aromatic carbocycles. The molecule has 100 valence electrons. The van der Waals surface area contributed by atoms with Crippen LogP contribution in [0.5, 0.6) is 0 Å². The first-order valence-electron chi connectivity index (χ1n) is 6.84. The summed E-state index contributed by atoms with van der Waals surface area (Å²) < 4.78 is 5.69. The highest BCUT2D eigenvalue weighted by atomic mass is 16.5. The minimum atomic E-state index is -0.612. The number of rotatable bonds is 3. The molecular formula is C16H19NO2. The van der Waals surface area contributed by atoms with Crippen LogP contribution in [0.4, 0.5) is 0 Å². The predicted molar refractivity (Wildman–Crippen MR) is 74.9 cm³/mol. The van der Waals surface area contributed by atoms with Gasteiger partial charge in [-0.15, -0.1) is 0 Å². The number of pyridine rings is 1. The third-order valence-corrected chi connectivity index (χ3v) is 4.31. The number of benzene rings is 1. The summed E-state index contributed by atoms with van der Waals surface area (Å²) in [5, 5.41) is 11.9. The van der Waals surface area contributed by atoms with Gasteiger partial charge in [-0.2, -0.15) is 0 Å². The second kappa shape index (κ2) is 4.91. The molecule has 1 saturated carbocycles. The smallest absolute Gasteiger partial charge is 0.110 e. The molecule has 1 unspecified atom stereocenters. The summed E-state index contributed by atoms with van der Waals surface area (Å²) in [6.07, 6.45) is 5.21. The first-order valence-corrected chi connectivity index (χ1v) is 6.84. The molecule has 3 heteroatoms. The monoisotopic (exact) mass is 257 g/mol. The third-order valence-electron chi connectivity index (χ3n) is 4.31. The second-order valence-corrected chi connectivity index (χ2v) is 5.30. The quantitative estimate of drug-likeness (QED) is 0.918. The molecule has 19 heavy (non-hydrogen) atoms. The molecule has 3 nitrogen and oxygen atoms in total. The van der Waals surface area contributed by atoms with Crippen LogP contribution in [0.25, 0.3) is 10.9 Å². The molecule has 0 saturated heterocycles. The number of methoxy groups -OCH3 is 1. The molecular weight excluding hydrogens is 238 g/mol. The Morgan fingerprint density at radius 1 is 1.21 bits per heavy atom. The molecule has 1 aliphatic rings. The fraction of sp³-hybridized carbons (Fsp3) is 0.438. The lowest BCUT2D eigenvalue weighted by atomic mass is 9.88. The Hall–Kier alpha value is -1.45. The van der Waals surface area contributed by atoms with Gasteiger partial charge in [-0.25, -0.2) is 0 Å². The number of ether oxygens (including phenoxy) is 1. The zero-order chi connectivity index (χ0) is 13.3. The molecule has 0 amide bonds. The van der Waals surface area contributed by atoms with Crippen LogP contribution in [-0.4, -0.2) is 22.8 Å². The summed E-state index contributed by atoms with van der Waals surface area (Å²) in [6.45, 7) is 0. The van der Waals surface area contributed by atoms with Gasteiger partial charge < -0.3 is 9.84 Å². The van der Waals surface area contributed by atoms with Crippen LogP contribution in [0.3, 0.4) is 0 Å². The van der Waals surface area contributed by atoms with E-state index in [1.165, 1.54) is 0 Å². The number of hydrogen-bond donors (Lipinski definition) is 1. The van der Waals surface area contributed by atoms with Gasteiger partial charge in [0.25, 0.3) is 0 Å². The number of hydrogen-bond acceptors (Lipinski definition) is 3. The summed E-state index contributed by atoms with van der Waals surface area (Å²) in [7, 11) is 1.70. The minimum Gasteiger partial charge on any atom is -0.385 e. The Morgan fingerprint density at radius 2 is 1.95 bits per heavy atom. The van der Waals surface area contributed by atoms with E-state index in [4.69, 9.17) is 4.74 Å². The van der Waals surface area contributed by atoms with Crippen molar-refractivity contribution >= 4 is 10.9 Å². The van der Waals surface area contributed by atoms with Crippen LogP contribution in [0.1, 0.15) is 37.4 Å². The number of fused-ring (bicyclic) bond motifs is 1. The molecule has 1 fully saturated rings. The molecule has 1 atom stereocenters. The van der Waals surface area contributed by atoms with Crippen molar-refractivity contribution in [2.24, 2.45) is 0 Å². The van der Waals surface area contributed by atoms with E-state index in [-0.39, 0.29) is 0 Å². The molecule has 1 aliphatic carbocycles. The lowest BCUT2D eigenvalue weighted by Crippen LogP contribution is -2.35. The Labute approximate surface area is 113 Å². The zero-order valence-corrected chi connectivity index (χ0v) is 11.2. The van der Waals surface area contributed by atoms with Gasteiger partial charge in [0.1, 0.15) is 6.10 Å². The number of nitrogens with zero attached hydrogens (tertiary/aromatic N) is 1. The fourth-order valence-corrected chi connectivity index (χ4v) is 3.19. The molecule has 0 radical (unpaired) electrons. The van der Waals surface area contributed by atoms with Gasteiger partial charge in [-0.05, 0) is 18.9 Å². The molecule has 2 aromatic rings. The van der Waals surface area contributed by atoms with Gasteiger partial charge >= 0.3 is 0 Å². The average Bonchev–Trinajstić information content (AvgIpc) is 2.96. The van der Waals surface area contributed by atoms with E-state index in [9.17, 15) is 5.11 Å². The highest BCUT2D eigenvalue weighted by Crippen LogP contribution is 2.43. The molecule has 0 aliphatic heterocycles. The van der Waals surface area contributed by atoms with Crippen LogP contribution in [0.15, 0.2) is 36.5 Å². The van der Waals surface area contributed by atoms with Gasteiger partial charge in [0.05, 0.1) is 11.1 Å². The summed E-state index contributed by atoms with van der Waals surface area (Å²) in [4.78, 5) is 4.42. The molecule has 1 N–H and O–H groups in total. The van der Waals surface area contributed by atoms with Crippen molar-refractivity contribution in [3.63, 3.8) is 0 Å². The Kier molecular flexibility index (Phi) is 3.25. The standard InChI is InChI=1S/C16H19NO2/c1-19-16(9-2-3-10-16)15(18)13-8-4-6-12-7-5-11-17-14(12)13/h4-8,11,15,18H,2-3,9-10H2,1H3. The van der Waals surface area contributed by atoms with E-state index in [1.807, 2.05) is 30.3 Å². The Balaban J connectivity index is 2.08. The van der Waals surface area contributed by atoms with Crippen LogP contribution < -0.4 is 0 Å². The highest BCUT2D eigenvalue weighted by molar-refractivity contribution is 5.82. The summed E-state index contributed by atoms with van der Waals surface area (Å²) in [5.74, 6) is 0. The van der Waals surface area contributed by atoms with Gasteiger partial charge in [0.15, 0.2) is 0 Å². The maximum atomic E-state index is 10.8. The first-order chi connectivity index (χ1) is 9.27. The normalized spacial score (nSPS) is 19.7. The topological polar surface area (TPSA) is 42.4 Å². The average molecular weight is 257 g/mol. The molecule has 1 heterocycles. The van der Waals surface area contributed by atoms with E-state index in [1.54, 1.807) is 13.3 Å². The summed E-state index contributed by atoms with van der Waals surface area (Å²) in [5.41, 5.74) is 1.31. The van der Waals surface area contributed by atoms with Crippen LogP contribution in [0, 0.1) is 0 Å². The predicted octanol–water partition coefficient (Wildman–Crippen LogP) is 3.23. The molecule has 1 aromatic heterocycles. The van der Waals surface area contributed by atoms with E-state index in [2.05, 4.69) is 4.98 Å². The maximum Gasteiger partial charge on any atom is 0.110 e. The van der Waals surface area contributed by atoms with E-state index in [0.717, 1.165) is 42.1 Å². The number of para-hydroxylation sites is 1. The molecule has 0 spiro atoms. The van der Waals surface area contributed by atoms with Gasteiger partial charge in [0.2, 0.25) is 0 Å². The minimum absolute atomic E-state index is 0.439. The fourth-order valence-electron chi connectivity index (χ4n) is 3.19. The van der Waals surface area contributed by atoms with Crippen molar-refractivity contribution in [1.82, 2.24) is 4.98 Å². The van der Waals surface area contributed by atoms with Crippen molar-refractivity contribution in [2.45, 2.75) is 37.4 Å². The number of aromatic nitrogens is 1. The van der Waals surface area contributed by atoms with E-state index < -0.39 is 11.7 Å². The Bertz CT molecular complexity index is 570. The second-order valence-electron chi connectivity index (χ2n) is 5.30. The number of aliphatic hydroxyl groups is 1. The van der Waals surface area contributed by atoms with Crippen molar-refractivity contribution < 1.29 is 9.84 Å². The van der Waals surface area contributed by atoms with Gasteiger partial charge in [0, 0.05) is 24.3 Å². The van der Waals surface area contributed by atoms with Crippen molar-refractivity contribution in [3.8, 4) is 0 Å². The van der Waals surface area contributed by atoms with Crippen LogP contribution in [0.2, 0.25) is 0 Å². The van der Waals surface area contributed by atoms with E-state index in [0.29, 0.717) is 0 Å². The summed E-state index contributed by atoms with van der Waals surface area (Å²) in [6, 6.07) is 9.89. The van der Waals surface area contributed by atoms with Crippen molar-refractivity contribution in [3.05, 3.63) is 42.1 Å². The largest absolute Gasteiger partial charge is 0.385 e. The van der Waals surface area contributed by atoms with Crippen molar-refractivity contribution in [1.29, 1.82) is 0 Å². The van der Waals surface area contributed by atoms with Crippen molar-refractivity contribution in [2.75, 3.05) is 7.11 Å². The molecule has 0 bridgehead atoms. The SMILES string of the molecule is COC1(C(O)c2cccc3cccnc23)CCCC1. The maximum absolute atomic E-state index is 10.8. The lowest BCUT2D eigenvalue weighted by Gasteiger charge is -2.33. The van der Waals surface area contributed by atoms with E-state index >= 15 is 0 Å². The third kappa shape index (κ3) is 2.03. The lowest BCUT2D eigenvalue weighted by molar-refractivity contribution is -0.0996. The van der Waals surface area contributed by atoms with Gasteiger partial charge in [-0.3, -0.25) is 4.98 Å². The number of aliphatic hydroxyl groups excluding tert-OH is 1. The van der Waals surface area contributed by atoms with Gasteiger partial charge in [-0.1, -0.05) is 37.1 Å². The molecule has 3 rings (SSSR count). The zero-order valence-electron chi connectivity index (χ0n) is 11.2. The van der Waals surface area contributed by atoms with Crippen LogP contribution in [-0.2, 0) is 4.74 Å². The Morgan fingerprint density at radius 3 is 2.68 bits per heavy atom. The summed E-state index contributed by atoms with van der Waals surface area (Å²) >= 11 is 0.